The monoisotopic (exact) mass is 525 g/mol. The summed E-state index contributed by atoms with van der Waals surface area (Å²) in [5.74, 6) is 2.08. The smallest absolute Gasteiger partial charge is 0.237 e. The number of nitrogens with zero attached hydrogens (tertiary/aromatic N) is 2. The number of ether oxygens (including phenoxy) is 1. The Hall–Kier alpha value is -3.88. The van der Waals surface area contributed by atoms with Crippen molar-refractivity contribution < 1.29 is 4.74 Å². The Bertz CT molecular complexity index is 1540. The van der Waals surface area contributed by atoms with Crippen molar-refractivity contribution in [3.8, 4) is 28.1 Å². The van der Waals surface area contributed by atoms with E-state index in [0.717, 1.165) is 55.2 Å². The van der Waals surface area contributed by atoms with E-state index in [0.29, 0.717) is 11.7 Å². The Morgan fingerprint density at radius 3 is 2.30 bits per heavy atom. The summed E-state index contributed by atoms with van der Waals surface area (Å²) < 4.78 is 8.84. The number of anilines is 3. The van der Waals surface area contributed by atoms with Gasteiger partial charge < -0.3 is 20.9 Å². The molecule has 0 aliphatic rings. The van der Waals surface area contributed by atoms with Crippen LogP contribution in [0.15, 0.2) is 94.9 Å². The van der Waals surface area contributed by atoms with E-state index in [1.54, 1.807) is 7.11 Å². The summed E-state index contributed by atoms with van der Waals surface area (Å²) in [6.07, 6.45) is 1.81. The summed E-state index contributed by atoms with van der Waals surface area (Å²) in [5, 5.41) is 1.01. The van der Waals surface area contributed by atoms with Crippen molar-refractivity contribution in [3.63, 3.8) is 0 Å². The van der Waals surface area contributed by atoms with E-state index in [1.165, 1.54) is 16.8 Å². The van der Waals surface area contributed by atoms with E-state index in [4.69, 9.17) is 16.2 Å². The number of nitrogens with one attached hydrogen (secondary N) is 1. The second-order valence-corrected chi connectivity index (χ2v) is 10.6. The van der Waals surface area contributed by atoms with Crippen LogP contribution >= 0.6 is 23.7 Å². The van der Waals surface area contributed by atoms with Gasteiger partial charge in [0.25, 0.3) is 0 Å². The van der Waals surface area contributed by atoms with Crippen LogP contribution in [0.2, 0.25) is 0 Å². The molecular formula is C29H27N5OS2. The fourth-order valence-electron chi connectivity index (χ4n) is 4.00. The van der Waals surface area contributed by atoms with Crippen LogP contribution in [0.1, 0.15) is 6.92 Å². The molecule has 37 heavy (non-hydrogen) atoms. The van der Waals surface area contributed by atoms with Crippen LogP contribution in [0.25, 0.3) is 33.2 Å². The third-order valence-corrected chi connectivity index (χ3v) is 7.58. The Balaban J connectivity index is 1.46. The van der Waals surface area contributed by atoms with Gasteiger partial charge in [0.1, 0.15) is 11.5 Å². The van der Waals surface area contributed by atoms with Gasteiger partial charge in [0.2, 0.25) is 5.88 Å². The molecule has 0 saturated carbocycles. The van der Waals surface area contributed by atoms with Gasteiger partial charge in [-0.1, -0.05) is 25.1 Å². The molecule has 2 heterocycles. The molecule has 0 atom stereocenters. The number of hydrogen-bond acceptors (Lipinski definition) is 8. The highest BCUT2D eigenvalue weighted by Gasteiger charge is 2.11. The molecule has 5 aromatic rings. The first-order valence-corrected chi connectivity index (χ1v) is 13.6. The number of nitrogens with two attached hydrogens (primary N) is 2. The normalized spacial score (nSPS) is 11.0. The predicted molar refractivity (Wildman–Crippen MR) is 158 cm³/mol. The number of fused-ring (bicyclic) bond motifs is 1. The molecule has 0 unspecified atom stereocenters. The molecule has 0 saturated heterocycles. The minimum atomic E-state index is 0.522. The SMILES string of the molecule is CCSc1ccc(-c2cc3cc(-c4cnc(OC)c(NSc5ccc(N)cc5)c4)ccc3nc2N)cc1. The first-order valence-electron chi connectivity index (χ1n) is 11.8. The lowest BCUT2D eigenvalue weighted by molar-refractivity contribution is 0.400. The molecule has 0 aliphatic heterocycles. The van der Waals surface area contributed by atoms with Crippen LogP contribution in [0.5, 0.6) is 5.88 Å². The molecule has 2 aromatic heterocycles. The topological polar surface area (TPSA) is 99.1 Å². The fourth-order valence-corrected chi connectivity index (χ4v) is 5.30. The average molecular weight is 526 g/mol. The zero-order valence-electron chi connectivity index (χ0n) is 20.6. The number of thioether (sulfide) groups is 1. The zero-order valence-corrected chi connectivity index (χ0v) is 22.2. The second-order valence-electron chi connectivity index (χ2n) is 8.34. The van der Waals surface area contributed by atoms with Crippen molar-refractivity contribution in [2.24, 2.45) is 0 Å². The number of benzene rings is 3. The highest BCUT2D eigenvalue weighted by molar-refractivity contribution is 8.00. The van der Waals surface area contributed by atoms with Gasteiger partial charge >= 0.3 is 0 Å². The molecule has 0 spiro atoms. The van der Waals surface area contributed by atoms with Crippen molar-refractivity contribution in [2.75, 3.05) is 29.1 Å². The van der Waals surface area contributed by atoms with E-state index in [-0.39, 0.29) is 0 Å². The summed E-state index contributed by atoms with van der Waals surface area (Å²) >= 11 is 3.29. The van der Waals surface area contributed by atoms with E-state index in [2.05, 4.69) is 58.0 Å². The van der Waals surface area contributed by atoms with Crippen LogP contribution in [-0.4, -0.2) is 22.8 Å². The van der Waals surface area contributed by atoms with Gasteiger partial charge in [-0.25, -0.2) is 9.97 Å². The molecule has 5 rings (SSSR count). The standard InChI is InChI=1S/C29H27N5OS2/c1-3-36-23-9-4-18(5-10-23)25-15-20-14-19(6-13-26(20)33-28(25)31)21-16-27(29(35-2)32-17-21)34-37-24-11-7-22(30)8-12-24/h4-17,34H,3,30H2,1-2H3,(H2,31,33). The maximum atomic E-state index is 6.35. The number of aromatic nitrogens is 2. The Morgan fingerprint density at radius 1 is 0.838 bits per heavy atom. The third-order valence-electron chi connectivity index (χ3n) is 5.86. The van der Waals surface area contributed by atoms with Crippen molar-refractivity contribution in [3.05, 3.63) is 85.1 Å². The maximum absolute atomic E-state index is 6.35. The molecule has 5 N–H and O–H groups in total. The molecule has 0 bridgehead atoms. The van der Waals surface area contributed by atoms with Gasteiger partial charge in [-0.2, -0.15) is 0 Å². The summed E-state index contributed by atoms with van der Waals surface area (Å²) in [6.45, 7) is 2.15. The Kier molecular flexibility index (Phi) is 7.39. The van der Waals surface area contributed by atoms with Gasteiger partial charge in [0.05, 0.1) is 12.6 Å². The lowest BCUT2D eigenvalue weighted by Gasteiger charge is -2.13. The highest BCUT2D eigenvalue weighted by Crippen LogP contribution is 2.35. The van der Waals surface area contributed by atoms with Gasteiger partial charge in [-0.3, -0.25) is 0 Å². The molecule has 0 aliphatic carbocycles. The molecule has 6 nitrogen and oxygen atoms in total. The molecule has 8 heteroatoms. The second kappa shape index (κ2) is 11.0. The predicted octanol–water partition coefficient (Wildman–Crippen LogP) is 7.37. The molecule has 0 amide bonds. The van der Waals surface area contributed by atoms with Crippen LogP contribution in [-0.2, 0) is 0 Å². The maximum Gasteiger partial charge on any atom is 0.237 e. The number of nitrogen functional groups attached to an aromatic ring is 2. The lowest BCUT2D eigenvalue weighted by Crippen LogP contribution is -1.97. The van der Waals surface area contributed by atoms with Gasteiger partial charge in [-0.05, 0) is 89.5 Å². The summed E-state index contributed by atoms with van der Waals surface area (Å²) in [7, 11) is 1.61. The molecule has 0 radical (unpaired) electrons. The molecular weight excluding hydrogens is 498 g/mol. The quantitative estimate of drug-likeness (QED) is 0.110. The fraction of sp³-hybridized carbons (Fsp3) is 0.103. The minimum absolute atomic E-state index is 0.522. The van der Waals surface area contributed by atoms with Crippen molar-refractivity contribution in [1.29, 1.82) is 0 Å². The minimum Gasteiger partial charge on any atom is -0.480 e. The summed E-state index contributed by atoms with van der Waals surface area (Å²) in [5.41, 5.74) is 18.5. The molecule has 3 aromatic carbocycles. The number of rotatable bonds is 8. The van der Waals surface area contributed by atoms with Crippen molar-refractivity contribution >= 4 is 51.8 Å². The number of hydrogen-bond donors (Lipinski definition) is 3. The van der Waals surface area contributed by atoms with Crippen LogP contribution in [0.4, 0.5) is 17.2 Å². The van der Waals surface area contributed by atoms with Crippen molar-refractivity contribution in [1.82, 2.24) is 9.97 Å². The molecule has 186 valence electrons. The van der Waals surface area contributed by atoms with Gasteiger partial charge in [-0.15, -0.1) is 11.8 Å². The van der Waals surface area contributed by atoms with Crippen LogP contribution in [0, 0.1) is 0 Å². The van der Waals surface area contributed by atoms with Gasteiger partial charge in [0, 0.05) is 38.2 Å². The van der Waals surface area contributed by atoms with E-state index in [1.807, 2.05) is 60.4 Å². The van der Waals surface area contributed by atoms with E-state index < -0.39 is 0 Å². The first kappa shape index (κ1) is 24.8. The number of methoxy groups -OCH3 is 1. The van der Waals surface area contributed by atoms with Crippen LogP contribution in [0.3, 0.4) is 0 Å². The zero-order chi connectivity index (χ0) is 25.8. The Labute approximate surface area is 225 Å². The summed E-state index contributed by atoms with van der Waals surface area (Å²) in [6, 6.07) is 26.4. The van der Waals surface area contributed by atoms with Crippen LogP contribution < -0.4 is 20.9 Å². The number of pyridine rings is 2. The molecule has 0 fully saturated rings. The lowest BCUT2D eigenvalue weighted by atomic mass is 10.0. The van der Waals surface area contributed by atoms with Crippen molar-refractivity contribution in [2.45, 2.75) is 16.7 Å². The largest absolute Gasteiger partial charge is 0.480 e. The van der Waals surface area contributed by atoms with E-state index >= 15 is 0 Å². The summed E-state index contributed by atoms with van der Waals surface area (Å²) in [4.78, 5) is 11.5. The first-order chi connectivity index (χ1) is 18.0. The van der Waals surface area contributed by atoms with Gasteiger partial charge in [0.15, 0.2) is 0 Å². The highest BCUT2D eigenvalue weighted by atomic mass is 32.2. The van der Waals surface area contributed by atoms with E-state index in [9.17, 15) is 0 Å². The Morgan fingerprint density at radius 2 is 1.57 bits per heavy atom. The average Bonchev–Trinajstić information content (AvgIpc) is 2.92. The third kappa shape index (κ3) is 5.60.